The van der Waals surface area contributed by atoms with E-state index >= 15 is 0 Å². The number of hydrogen-bond donors (Lipinski definition) is 0. The number of rotatable bonds is 2. The van der Waals surface area contributed by atoms with Gasteiger partial charge >= 0.3 is 0 Å². The van der Waals surface area contributed by atoms with Crippen LogP contribution in [0.4, 0.5) is 5.82 Å². The summed E-state index contributed by atoms with van der Waals surface area (Å²) in [7, 11) is 0. The van der Waals surface area contributed by atoms with Crippen molar-refractivity contribution in [3.05, 3.63) is 30.0 Å². The molecule has 3 rings (SSSR count). The zero-order chi connectivity index (χ0) is 15.7. The fourth-order valence-corrected chi connectivity index (χ4v) is 2.91. The zero-order valence-corrected chi connectivity index (χ0v) is 13.5. The largest absolute Gasteiger partial charge is 0.352 e. The molecule has 6 heteroatoms. The second kappa shape index (κ2) is 6.08. The van der Waals surface area contributed by atoms with Crippen LogP contribution in [0, 0.1) is 6.92 Å². The van der Waals surface area contributed by atoms with Crippen molar-refractivity contribution in [1.82, 2.24) is 14.9 Å². The van der Waals surface area contributed by atoms with Gasteiger partial charge in [0.25, 0.3) is 0 Å². The lowest BCUT2D eigenvalue weighted by Gasteiger charge is -2.36. The highest BCUT2D eigenvalue weighted by Gasteiger charge is 2.25. The Morgan fingerprint density at radius 2 is 1.73 bits per heavy atom. The van der Waals surface area contributed by atoms with Gasteiger partial charge in [-0.25, -0.2) is 9.97 Å². The lowest BCUT2D eigenvalue weighted by molar-refractivity contribution is -0.130. The van der Waals surface area contributed by atoms with E-state index in [1.807, 2.05) is 36.1 Å². The Labute approximate surface area is 134 Å². The van der Waals surface area contributed by atoms with E-state index in [-0.39, 0.29) is 5.91 Å². The number of piperazine rings is 1. The van der Waals surface area contributed by atoms with Crippen LogP contribution in [0.3, 0.4) is 0 Å². The van der Waals surface area contributed by atoms with Gasteiger partial charge in [-0.1, -0.05) is 12.1 Å². The molecule has 1 aromatic heterocycles. The number of fused-ring (bicyclic) bond motifs is 1. The molecule has 0 aliphatic carbocycles. The number of carbonyl (C=O) groups excluding carboxylic acids is 1. The lowest BCUT2D eigenvalue weighted by atomic mass is 10.2. The maximum absolute atomic E-state index is 11.9. The summed E-state index contributed by atoms with van der Waals surface area (Å²) in [6.07, 6.45) is 0. The number of benzene rings is 1. The first-order chi connectivity index (χ1) is 10.6. The quantitative estimate of drug-likeness (QED) is 0.797. The Bertz CT molecular complexity index is 696. The van der Waals surface area contributed by atoms with Gasteiger partial charge in [0.1, 0.15) is 5.38 Å². The smallest absolute Gasteiger partial charge is 0.240 e. The van der Waals surface area contributed by atoms with E-state index in [1.54, 1.807) is 6.92 Å². The van der Waals surface area contributed by atoms with Crippen LogP contribution < -0.4 is 4.90 Å². The Morgan fingerprint density at radius 1 is 1.14 bits per heavy atom. The molecule has 0 radical (unpaired) electrons. The second-order valence-corrected chi connectivity index (χ2v) is 6.20. The predicted molar refractivity (Wildman–Crippen MR) is 88.4 cm³/mol. The van der Waals surface area contributed by atoms with Crippen LogP contribution in [-0.2, 0) is 4.79 Å². The average molecular weight is 319 g/mol. The molecule has 1 saturated heterocycles. The van der Waals surface area contributed by atoms with E-state index in [0.717, 1.165) is 35.6 Å². The highest BCUT2D eigenvalue weighted by molar-refractivity contribution is 6.30. The number of amides is 1. The number of nitrogens with zero attached hydrogens (tertiary/aromatic N) is 4. The molecule has 1 aliphatic heterocycles. The predicted octanol–water partition coefficient (Wildman–Crippen LogP) is 2.21. The standard InChI is InChI=1S/C16H19ClN4O/c1-11(17)16(22)21-9-7-20(8-10-21)15-12(2)18-13-5-3-4-6-14(13)19-15/h3-6,11H,7-10H2,1-2H3/t11-/m0/s1. The van der Waals surface area contributed by atoms with Crippen molar-refractivity contribution < 1.29 is 4.79 Å². The van der Waals surface area contributed by atoms with Crippen LogP contribution in [0.1, 0.15) is 12.6 Å². The number of aryl methyl sites for hydroxylation is 1. The molecule has 0 spiro atoms. The molecular formula is C16H19ClN4O. The summed E-state index contributed by atoms with van der Waals surface area (Å²) < 4.78 is 0. The van der Waals surface area contributed by atoms with Gasteiger partial charge in [-0.05, 0) is 26.0 Å². The summed E-state index contributed by atoms with van der Waals surface area (Å²) in [6.45, 7) is 6.54. The minimum Gasteiger partial charge on any atom is -0.352 e. The molecular weight excluding hydrogens is 300 g/mol. The fourth-order valence-electron chi connectivity index (χ4n) is 2.77. The molecule has 0 N–H and O–H groups in total. The number of alkyl halides is 1. The minimum atomic E-state index is -0.464. The Morgan fingerprint density at radius 3 is 2.32 bits per heavy atom. The third kappa shape index (κ3) is 2.86. The molecule has 1 atom stereocenters. The molecule has 0 bridgehead atoms. The fraction of sp³-hybridized carbons (Fsp3) is 0.438. The van der Waals surface area contributed by atoms with E-state index in [2.05, 4.69) is 9.88 Å². The Kier molecular flexibility index (Phi) is 4.16. The first kappa shape index (κ1) is 15.0. The van der Waals surface area contributed by atoms with Gasteiger partial charge in [0.15, 0.2) is 5.82 Å². The average Bonchev–Trinajstić information content (AvgIpc) is 2.53. The highest BCUT2D eigenvalue weighted by Crippen LogP contribution is 2.21. The topological polar surface area (TPSA) is 49.3 Å². The minimum absolute atomic E-state index is 0.00244. The molecule has 22 heavy (non-hydrogen) atoms. The lowest BCUT2D eigenvalue weighted by Crippen LogP contribution is -2.50. The summed E-state index contributed by atoms with van der Waals surface area (Å²) in [5, 5.41) is -0.464. The van der Waals surface area contributed by atoms with E-state index < -0.39 is 5.38 Å². The van der Waals surface area contributed by atoms with Crippen molar-refractivity contribution in [3.8, 4) is 0 Å². The normalized spacial score (nSPS) is 16.9. The third-order valence-electron chi connectivity index (χ3n) is 3.95. The molecule has 0 unspecified atom stereocenters. The molecule has 2 heterocycles. The van der Waals surface area contributed by atoms with Gasteiger partial charge < -0.3 is 9.80 Å². The Hall–Kier alpha value is -1.88. The first-order valence-electron chi connectivity index (χ1n) is 7.47. The molecule has 116 valence electrons. The summed E-state index contributed by atoms with van der Waals surface area (Å²) in [6, 6.07) is 7.88. The molecule has 1 aliphatic rings. The van der Waals surface area contributed by atoms with Crippen molar-refractivity contribution >= 4 is 34.4 Å². The van der Waals surface area contributed by atoms with Gasteiger partial charge in [0.2, 0.25) is 5.91 Å². The van der Waals surface area contributed by atoms with Crippen LogP contribution in [0.25, 0.3) is 11.0 Å². The SMILES string of the molecule is Cc1nc2ccccc2nc1N1CCN(C(=O)[C@H](C)Cl)CC1. The van der Waals surface area contributed by atoms with E-state index in [0.29, 0.717) is 13.1 Å². The van der Waals surface area contributed by atoms with Crippen LogP contribution >= 0.6 is 11.6 Å². The molecule has 1 fully saturated rings. The monoisotopic (exact) mass is 318 g/mol. The van der Waals surface area contributed by atoms with Gasteiger partial charge in [-0.2, -0.15) is 0 Å². The van der Waals surface area contributed by atoms with Crippen LogP contribution in [0.2, 0.25) is 0 Å². The van der Waals surface area contributed by atoms with Crippen molar-refractivity contribution in [2.24, 2.45) is 0 Å². The van der Waals surface area contributed by atoms with Gasteiger partial charge in [-0.15, -0.1) is 11.6 Å². The van der Waals surface area contributed by atoms with Crippen LogP contribution in [0.5, 0.6) is 0 Å². The van der Waals surface area contributed by atoms with Crippen LogP contribution in [-0.4, -0.2) is 52.3 Å². The number of para-hydroxylation sites is 2. The van der Waals surface area contributed by atoms with E-state index in [1.165, 1.54) is 0 Å². The first-order valence-corrected chi connectivity index (χ1v) is 7.91. The van der Waals surface area contributed by atoms with Gasteiger partial charge in [-0.3, -0.25) is 4.79 Å². The maximum Gasteiger partial charge on any atom is 0.240 e. The molecule has 1 amide bonds. The summed E-state index contributed by atoms with van der Waals surface area (Å²) in [5.41, 5.74) is 2.73. The van der Waals surface area contributed by atoms with E-state index in [4.69, 9.17) is 16.6 Å². The molecule has 5 nitrogen and oxygen atoms in total. The second-order valence-electron chi connectivity index (χ2n) is 5.55. The number of hydrogen-bond acceptors (Lipinski definition) is 4. The van der Waals surface area contributed by atoms with Crippen molar-refractivity contribution in [1.29, 1.82) is 0 Å². The van der Waals surface area contributed by atoms with Gasteiger partial charge in [0.05, 0.1) is 16.7 Å². The number of aromatic nitrogens is 2. The number of anilines is 1. The summed E-state index contributed by atoms with van der Waals surface area (Å²) >= 11 is 5.88. The Balaban J connectivity index is 1.79. The van der Waals surface area contributed by atoms with E-state index in [9.17, 15) is 4.79 Å². The number of carbonyl (C=O) groups is 1. The summed E-state index contributed by atoms with van der Waals surface area (Å²) in [4.78, 5) is 25.3. The molecule has 2 aromatic rings. The maximum atomic E-state index is 11.9. The van der Waals surface area contributed by atoms with Crippen molar-refractivity contribution in [2.45, 2.75) is 19.2 Å². The van der Waals surface area contributed by atoms with Crippen LogP contribution in [0.15, 0.2) is 24.3 Å². The molecule has 0 saturated carbocycles. The van der Waals surface area contributed by atoms with Crippen molar-refractivity contribution in [3.63, 3.8) is 0 Å². The van der Waals surface area contributed by atoms with Gasteiger partial charge in [0, 0.05) is 26.2 Å². The third-order valence-corrected chi connectivity index (χ3v) is 4.14. The highest BCUT2D eigenvalue weighted by atomic mass is 35.5. The van der Waals surface area contributed by atoms with Crippen molar-refractivity contribution in [2.75, 3.05) is 31.1 Å². The summed E-state index contributed by atoms with van der Waals surface area (Å²) in [5.74, 6) is 0.910. The molecule has 1 aromatic carbocycles. The number of halogens is 1. The zero-order valence-electron chi connectivity index (χ0n) is 12.8.